The van der Waals surface area contributed by atoms with Gasteiger partial charge in [-0.3, -0.25) is 14.4 Å². The fourth-order valence-electron chi connectivity index (χ4n) is 3.69. The van der Waals surface area contributed by atoms with Crippen molar-refractivity contribution >= 4 is 17.3 Å². The number of rotatable bonds is 2. The molecule has 0 radical (unpaired) electrons. The molecule has 5 nitrogen and oxygen atoms in total. The van der Waals surface area contributed by atoms with Crippen molar-refractivity contribution in [2.75, 3.05) is 10.2 Å². The Bertz CT molecular complexity index is 1000. The van der Waals surface area contributed by atoms with E-state index in [4.69, 9.17) is 0 Å². The molecule has 0 unspecified atom stereocenters. The number of hydrogen-bond acceptors (Lipinski definition) is 3. The van der Waals surface area contributed by atoms with Crippen molar-refractivity contribution in [1.29, 1.82) is 0 Å². The van der Waals surface area contributed by atoms with E-state index in [9.17, 15) is 4.79 Å². The SMILES string of the molecule is Cc1cccc(N2C(=O)c3ccccc3N[C@@H]2c2c(C)nn(C)c2C)c1. The first-order valence-electron chi connectivity index (χ1n) is 8.73. The van der Waals surface area contributed by atoms with Gasteiger partial charge in [-0.05, 0) is 50.6 Å². The van der Waals surface area contributed by atoms with Gasteiger partial charge in [-0.25, -0.2) is 0 Å². The fraction of sp³-hybridized carbons (Fsp3) is 0.238. The molecular weight excluding hydrogens is 324 g/mol. The van der Waals surface area contributed by atoms with E-state index in [1.165, 1.54) is 0 Å². The predicted molar refractivity (Wildman–Crippen MR) is 103 cm³/mol. The minimum Gasteiger partial charge on any atom is -0.360 e. The minimum atomic E-state index is -0.298. The molecule has 0 fully saturated rings. The first-order chi connectivity index (χ1) is 12.5. The van der Waals surface area contributed by atoms with Gasteiger partial charge in [0, 0.05) is 29.7 Å². The highest BCUT2D eigenvalue weighted by molar-refractivity contribution is 6.12. The highest BCUT2D eigenvalue weighted by Gasteiger charge is 2.36. The smallest absolute Gasteiger partial charge is 0.262 e. The molecule has 2 aromatic carbocycles. The molecule has 0 saturated carbocycles. The standard InChI is InChI=1S/C21H22N4O/c1-13-8-7-9-16(12-13)25-20(19-14(2)23-24(4)15(19)3)22-18-11-6-5-10-17(18)21(25)26/h5-12,20,22H,1-4H3/t20-/m0/s1. The number of aryl methyl sites for hydroxylation is 3. The van der Waals surface area contributed by atoms with Crippen LogP contribution in [0.5, 0.6) is 0 Å². The van der Waals surface area contributed by atoms with Gasteiger partial charge in [0.2, 0.25) is 0 Å². The second-order valence-electron chi connectivity index (χ2n) is 6.81. The maximum absolute atomic E-state index is 13.4. The first-order valence-corrected chi connectivity index (χ1v) is 8.73. The summed E-state index contributed by atoms with van der Waals surface area (Å²) >= 11 is 0. The lowest BCUT2D eigenvalue weighted by atomic mass is 10.0. The molecule has 0 bridgehead atoms. The van der Waals surface area contributed by atoms with E-state index in [0.29, 0.717) is 5.56 Å². The van der Waals surface area contributed by atoms with Gasteiger partial charge in [0.1, 0.15) is 6.17 Å². The van der Waals surface area contributed by atoms with Crippen LogP contribution in [-0.4, -0.2) is 15.7 Å². The number of nitrogens with zero attached hydrogens (tertiary/aromatic N) is 3. The zero-order valence-electron chi connectivity index (χ0n) is 15.4. The predicted octanol–water partition coefficient (Wildman–Crippen LogP) is 4.12. The molecule has 0 spiro atoms. The van der Waals surface area contributed by atoms with Crippen LogP contribution in [0.25, 0.3) is 0 Å². The van der Waals surface area contributed by atoms with Gasteiger partial charge >= 0.3 is 0 Å². The van der Waals surface area contributed by atoms with Gasteiger partial charge < -0.3 is 5.32 Å². The third-order valence-electron chi connectivity index (χ3n) is 5.04. The molecule has 1 aliphatic heterocycles. The monoisotopic (exact) mass is 346 g/mol. The third kappa shape index (κ3) is 2.47. The van der Waals surface area contributed by atoms with E-state index in [2.05, 4.69) is 10.4 Å². The minimum absolute atomic E-state index is 0.00222. The summed E-state index contributed by atoms with van der Waals surface area (Å²) < 4.78 is 1.87. The molecule has 26 heavy (non-hydrogen) atoms. The number of anilines is 2. The average molecular weight is 346 g/mol. The van der Waals surface area contributed by atoms with Crippen molar-refractivity contribution < 1.29 is 4.79 Å². The number of hydrogen-bond donors (Lipinski definition) is 1. The van der Waals surface area contributed by atoms with E-state index in [-0.39, 0.29) is 12.1 Å². The van der Waals surface area contributed by atoms with Crippen LogP contribution in [0, 0.1) is 20.8 Å². The normalized spacial score (nSPS) is 16.4. The van der Waals surface area contributed by atoms with Crippen molar-refractivity contribution in [2.45, 2.75) is 26.9 Å². The van der Waals surface area contributed by atoms with Crippen LogP contribution in [0.15, 0.2) is 48.5 Å². The van der Waals surface area contributed by atoms with Gasteiger partial charge in [0.25, 0.3) is 5.91 Å². The Morgan fingerprint density at radius 1 is 1.04 bits per heavy atom. The average Bonchev–Trinajstić information content (AvgIpc) is 2.87. The zero-order valence-corrected chi connectivity index (χ0v) is 15.4. The Morgan fingerprint density at radius 2 is 1.81 bits per heavy atom. The van der Waals surface area contributed by atoms with Crippen LogP contribution in [0.4, 0.5) is 11.4 Å². The number of carbonyl (C=O) groups excluding carboxylic acids is 1. The van der Waals surface area contributed by atoms with E-state index in [1.807, 2.05) is 85.9 Å². The fourth-order valence-corrected chi connectivity index (χ4v) is 3.69. The summed E-state index contributed by atoms with van der Waals surface area (Å²) in [6, 6.07) is 15.7. The maximum Gasteiger partial charge on any atom is 0.262 e. The van der Waals surface area contributed by atoms with E-state index >= 15 is 0 Å². The highest BCUT2D eigenvalue weighted by atomic mass is 16.2. The van der Waals surface area contributed by atoms with Gasteiger partial charge in [-0.2, -0.15) is 5.10 Å². The lowest BCUT2D eigenvalue weighted by Gasteiger charge is -2.38. The molecule has 1 atom stereocenters. The lowest BCUT2D eigenvalue weighted by Crippen LogP contribution is -2.43. The zero-order chi connectivity index (χ0) is 18.4. The Morgan fingerprint density at radius 3 is 2.50 bits per heavy atom. The Hall–Kier alpha value is -3.08. The van der Waals surface area contributed by atoms with Crippen molar-refractivity contribution in [3.05, 3.63) is 76.6 Å². The van der Waals surface area contributed by atoms with Gasteiger partial charge in [-0.15, -0.1) is 0 Å². The molecule has 0 saturated heterocycles. The van der Waals surface area contributed by atoms with Gasteiger partial charge in [0.05, 0.1) is 11.3 Å². The largest absolute Gasteiger partial charge is 0.360 e. The summed E-state index contributed by atoms with van der Waals surface area (Å²) in [5.74, 6) is -0.00222. The number of carbonyl (C=O) groups is 1. The number of fused-ring (bicyclic) bond motifs is 1. The highest BCUT2D eigenvalue weighted by Crippen LogP contribution is 2.38. The number of nitrogens with one attached hydrogen (secondary N) is 1. The van der Waals surface area contributed by atoms with Crippen LogP contribution < -0.4 is 10.2 Å². The quantitative estimate of drug-likeness (QED) is 0.759. The van der Waals surface area contributed by atoms with Gasteiger partial charge in [-0.1, -0.05) is 24.3 Å². The number of benzene rings is 2. The molecule has 3 aromatic rings. The van der Waals surface area contributed by atoms with Crippen LogP contribution in [0.2, 0.25) is 0 Å². The van der Waals surface area contributed by atoms with Gasteiger partial charge in [0.15, 0.2) is 0 Å². The summed E-state index contributed by atoms with van der Waals surface area (Å²) in [4.78, 5) is 15.2. The summed E-state index contributed by atoms with van der Waals surface area (Å²) in [7, 11) is 1.93. The molecule has 1 amide bonds. The number of para-hydroxylation sites is 1. The van der Waals surface area contributed by atoms with Crippen LogP contribution in [0.3, 0.4) is 0 Å². The summed E-state index contributed by atoms with van der Waals surface area (Å²) in [6.45, 7) is 6.06. The lowest BCUT2D eigenvalue weighted by molar-refractivity contribution is 0.0975. The van der Waals surface area contributed by atoms with Crippen molar-refractivity contribution in [3.8, 4) is 0 Å². The molecule has 1 aliphatic rings. The van der Waals surface area contributed by atoms with E-state index < -0.39 is 0 Å². The van der Waals surface area contributed by atoms with Crippen LogP contribution in [0.1, 0.15) is 39.0 Å². The third-order valence-corrected chi connectivity index (χ3v) is 5.04. The number of aromatic nitrogens is 2. The molecule has 2 heterocycles. The maximum atomic E-state index is 13.4. The number of amides is 1. The Kier molecular flexibility index (Phi) is 3.80. The van der Waals surface area contributed by atoms with Crippen LogP contribution >= 0.6 is 0 Å². The molecule has 132 valence electrons. The molecule has 5 heteroatoms. The topological polar surface area (TPSA) is 50.2 Å². The second-order valence-corrected chi connectivity index (χ2v) is 6.81. The van der Waals surface area contributed by atoms with E-state index in [0.717, 1.165) is 33.9 Å². The van der Waals surface area contributed by atoms with Crippen molar-refractivity contribution in [1.82, 2.24) is 9.78 Å². The molecule has 4 rings (SSSR count). The van der Waals surface area contributed by atoms with Crippen LogP contribution in [-0.2, 0) is 7.05 Å². The van der Waals surface area contributed by atoms with Crippen molar-refractivity contribution in [3.63, 3.8) is 0 Å². The Balaban J connectivity index is 1.93. The van der Waals surface area contributed by atoms with Crippen molar-refractivity contribution in [2.24, 2.45) is 7.05 Å². The second kappa shape index (κ2) is 6.02. The summed E-state index contributed by atoms with van der Waals surface area (Å²) in [5.41, 5.74) is 6.55. The molecule has 1 N–H and O–H groups in total. The molecule has 1 aromatic heterocycles. The molecule has 0 aliphatic carbocycles. The van der Waals surface area contributed by atoms with E-state index in [1.54, 1.807) is 0 Å². The molecular formula is C21H22N4O. The summed E-state index contributed by atoms with van der Waals surface area (Å²) in [6.07, 6.45) is -0.298. The Labute approximate surface area is 153 Å². The first kappa shape index (κ1) is 16.4. The summed E-state index contributed by atoms with van der Waals surface area (Å²) in [5, 5.41) is 8.11.